The molecule has 0 aromatic carbocycles. The van der Waals surface area contributed by atoms with Crippen LogP contribution in [0.5, 0.6) is 0 Å². The minimum Gasteiger partial charge on any atom is -0.345 e. The van der Waals surface area contributed by atoms with Crippen LogP contribution in [0.2, 0.25) is 0 Å². The van der Waals surface area contributed by atoms with Gasteiger partial charge in [0.1, 0.15) is 6.33 Å². The smallest absolute Gasteiger partial charge is 0.166 e. The van der Waals surface area contributed by atoms with Crippen LogP contribution in [-0.4, -0.2) is 25.6 Å². The molecule has 78 valence electrons. The second-order valence-corrected chi connectivity index (χ2v) is 3.33. The highest BCUT2D eigenvalue weighted by Crippen LogP contribution is 2.01. The average molecular weight is 204 g/mol. The molecule has 0 fully saturated rings. The van der Waals surface area contributed by atoms with Crippen molar-refractivity contribution in [2.24, 2.45) is 7.05 Å². The average Bonchev–Trinajstić information content (AvgIpc) is 2.83. The Labute approximate surface area is 87.4 Å². The number of carbonyl (C=O) groups excluding carboxylic acids is 1. The number of aryl methyl sites for hydroxylation is 3. The van der Waals surface area contributed by atoms with E-state index in [1.807, 2.05) is 23.9 Å². The molecule has 2 aromatic heterocycles. The van der Waals surface area contributed by atoms with Crippen molar-refractivity contribution in [2.75, 3.05) is 0 Å². The molecule has 2 rings (SSSR count). The lowest BCUT2D eigenvalue weighted by Crippen LogP contribution is -2.05. The molecule has 15 heavy (non-hydrogen) atoms. The van der Waals surface area contributed by atoms with Gasteiger partial charge in [0, 0.05) is 26.2 Å². The minimum absolute atomic E-state index is 0.686. The van der Waals surface area contributed by atoms with Crippen molar-refractivity contribution in [3.8, 4) is 0 Å². The van der Waals surface area contributed by atoms with E-state index in [9.17, 15) is 4.79 Å². The molecule has 0 N–H and O–H groups in total. The van der Waals surface area contributed by atoms with Crippen LogP contribution in [0, 0.1) is 0 Å². The second kappa shape index (κ2) is 4.08. The molecule has 5 heteroatoms. The van der Waals surface area contributed by atoms with Crippen LogP contribution in [0.3, 0.4) is 0 Å². The quantitative estimate of drug-likeness (QED) is 0.688. The number of hydrogen-bond donors (Lipinski definition) is 0. The molecule has 0 saturated heterocycles. The number of aromatic nitrogens is 4. The zero-order chi connectivity index (χ0) is 10.7. The largest absolute Gasteiger partial charge is 0.345 e. The summed E-state index contributed by atoms with van der Waals surface area (Å²) in [5, 5.41) is 4.17. The molecule has 5 nitrogen and oxygen atoms in total. The van der Waals surface area contributed by atoms with Crippen molar-refractivity contribution in [1.29, 1.82) is 0 Å². The fraction of sp³-hybridized carbons (Fsp3) is 0.300. The van der Waals surface area contributed by atoms with E-state index < -0.39 is 0 Å². The molecule has 2 aromatic rings. The van der Waals surface area contributed by atoms with E-state index in [0.717, 1.165) is 25.1 Å². The van der Waals surface area contributed by atoms with Crippen molar-refractivity contribution in [3.63, 3.8) is 0 Å². The molecular weight excluding hydrogens is 192 g/mol. The number of hydrogen-bond acceptors (Lipinski definition) is 3. The van der Waals surface area contributed by atoms with Gasteiger partial charge in [-0.15, -0.1) is 0 Å². The fourth-order valence-electron chi connectivity index (χ4n) is 1.46. The lowest BCUT2D eigenvalue weighted by molar-refractivity contribution is 0.111. The van der Waals surface area contributed by atoms with Gasteiger partial charge in [-0.3, -0.25) is 9.48 Å². The van der Waals surface area contributed by atoms with Crippen molar-refractivity contribution in [3.05, 3.63) is 36.2 Å². The zero-order valence-corrected chi connectivity index (χ0v) is 8.50. The molecule has 0 bridgehead atoms. The normalized spacial score (nSPS) is 10.5. The molecule has 2 heterocycles. The Kier molecular flexibility index (Phi) is 2.62. The molecule has 0 unspecified atom stereocenters. The molecule has 0 aliphatic heterocycles. The maximum absolute atomic E-state index is 10.6. The number of nitrogens with zero attached hydrogens (tertiary/aromatic N) is 4. The monoisotopic (exact) mass is 204 g/mol. The van der Waals surface area contributed by atoms with Gasteiger partial charge >= 0.3 is 0 Å². The van der Waals surface area contributed by atoms with Gasteiger partial charge in [0.15, 0.2) is 12.1 Å². The van der Waals surface area contributed by atoms with Crippen molar-refractivity contribution in [2.45, 2.75) is 13.0 Å². The Morgan fingerprint density at radius 3 is 3.07 bits per heavy atom. The lowest BCUT2D eigenvalue weighted by Gasteiger charge is -2.02. The highest BCUT2D eigenvalue weighted by Gasteiger charge is 2.02. The van der Waals surface area contributed by atoms with Gasteiger partial charge in [0.25, 0.3) is 0 Å². The summed E-state index contributed by atoms with van der Waals surface area (Å²) < 4.78 is 3.56. The Hall–Kier alpha value is -1.91. The van der Waals surface area contributed by atoms with Crippen LogP contribution in [0.15, 0.2) is 24.7 Å². The Bertz CT molecular complexity index is 457. The third-order valence-electron chi connectivity index (χ3n) is 2.21. The van der Waals surface area contributed by atoms with Crippen molar-refractivity contribution < 1.29 is 4.79 Å². The standard InChI is InChI=1S/C10H12N4O/c1-13-8-11-10(12-13)4-6-14-5-2-3-9(14)7-15/h2-3,5,7-8H,4,6H2,1H3. The summed E-state index contributed by atoms with van der Waals surface area (Å²) in [5.74, 6) is 0.794. The summed E-state index contributed by atoms with van der Waals surface area (Å²) in [6.45, 7) is 0.727. The van der Waals surface area contributed by atoms with Crippen LogP contribution < -0.4 is 0 Å². The molecule has 0 amide bonds. The molecule has 0 radical (unpaired) electrons. The van der Waals surface area contributed by atoms with E-state index in [0.29, 0.717) is 5.69 Å². The van der Waals surface area contributed by atoms with Crippen LogP contribution in [0.1, 0.15) is 16.3 Å². The number of aldehydes is 1. The Morgan fingerprint density at radius 1 is 1.53 bits per heavy atom. The fourth-order valence-corrected chi connectivity index (χ4v) is 1.46. The first-order valence-corrected chi connectivity index (χ1v) is 4.74. The predicted octanol–water partition coefficient (Wildman–Crippen LogP) is 0.672. The minimum atomic E-state index is 0.686. The Morgan fingerprint density at radius 2 is 2.40 bits per heavy atom. The maximum Gasteiger partial charge on any atom is 0.166 e. The highest BCUT2D eigenvalue weighted by molar-refractivity contribution is 5.72. The molecule has 0 atom stereocenters. The zero-order valence-electron chi connectivity index (χ0n) is 8.50. The van der Waals surface area contributed by atoms with Gasteiger partial charge < -0.3 is 4.57 Å². The van der Waals surface area contributed by atoms with E-state index in [2.05, 4.69) is 10.1 Å². The van der Waals surface area contributed by atoms with Crippen molar-refractivity contribution >= 4 is 6.29 Å². The molecule has 0 saturated carbocycles. The molecule has 0 aliphatic carbocycles. The Balaban J connectivity index is 2.01. The van der Waals surface area contributed by atoms with E-state index in [1.165, 1.54) is 0 Å². The van der Waals surface area contributed by atoms with E-state index in [-0.39, 0.29) is 0 Å². The summed E-state index contributed by atoms with van der Waals surface area (Å²) >= 11 is 0. The third-order valence-corrected chi connectivity index (χ3v) is 2.21. The van der Waals surface area contributed by atoms with Gasteiger partial charge in [0.2, 0.25) is 0 Å². The van der Waals surface area contributed by atoms with Gasteiger partial charge in [-0.25, -0.2) is 4.98 Å². The van der Waals surface area contributed by atoms with E-state index in [4.69, 9.17) is 0 Å². The van der Waals surface area contributed by atoms with E-state index in [1.54, 1.807) is 17.1 Å². The van der Waals surface area contributed by atoms with Crippen molar-refractivity contribution in [1.82, 2.24) is 19.3 Å². The first-order valence-electron chi connectivity index (χ1n) is 4.74. The number of carbonyl (C=O) groups is 1. The van der Waals surface area contributed by atoms with Crippen LogP contribution >= 0.6 is 0 Å². The van der Waals surface area contributed by atoms with Gasteiger partial charge in [-0.1, -0.05) is 0 Å². The summed E-state index contributed by atoms with van der Waals surface area (Å²) in [7, 11) is 1.84. The molecular formula is C10H12N4O. The first kappa shape index (κ1) is 9.64. The first-order chi connectivity index (χ1) is 7.29. The SMILES string of the molecule is Cn1cnc(CCn2cccc2C=O)n1. The summed E-state index contributed by atoms with van der Waals surface area (Å²) in [4.78, 5) is 14.8. The van der Waals surface area contributed by atoms with Crippen LogP contribution in [-0.2, 0) is 20.0 Å². The predicted molar refractivity (Wildman–Crippen MR) is 54.5 cm³/mol. The van der Waals surface area contributed by atoms with Gasteiger partial charge in [-0.2, -0.15) is 5.10 Å². The third kappa shape index (κ3) is 2.12. The summed E-state index contributed by atoms with van der Waals surface area (Å²) in [6.07, 6.45) is 5.14. The second-order valence-electron chi connectivity index (χ2n) is 3.33. The highest BCUT2D eigenvalue weighted by atomic mass is 16.1. The maximum atomic E-state index is 10.6. The van der Waals surface area contributed by atoms with Gasteiger partial charge in [-0.05, 0) is 12.1 Å². The molecule has 0 spiro atoms. The van der Waals surface area contributed by atoms with Crippen LogP contribution in [0.25, 0.3) is 0 Å². The topological polar surface area (TPSA) is 52.7 Å². The molecule has 0 aliphatic rings. The lowest BCUT2D eigenvalue weighted by atomic mass is 10.4. The van der Waals surface area contributed by atoms with Crippen LogP contribution in [0.4, 0.5) is 0 Å². The van der Waals surface area contributed by atoms with Gasteiger partial charge in [0.05, 0.1) is 5.69 Å². The number of rotatable bonds is 4. The summed E-state index contributed by atoms with van der Waals surface area (Å²) in [5.41, 5.74) is 0.686. The summed E-state index contributed by atoms with van der Waals surface area (Å²) in [6, 6.07) is 3.65. The van der Waals surface area contributed by atoms with E-state index >= 15 is 0 Å².